The largest absolute Gasteiger partial charge is 0.497 e. The van der Waals surface area contributed by atoms with E-state index in [1.807, 2.05) is 48.5 Å². The van der Waals surface area contributed by atoms with Gasteiger partial charge in [0.1, 0.15) is 11.5 Å². The second-order valence-electron chi connectivity index (χ2n) is 7.21. The highest BCUT2D eigenvalue weighted by Gasteiger charge is 2.25. The minimum Gasteiger partial charge on any atom is -0.497 e. The van der Waals surface area contributed by atoms with Crippen LogP contribution in [0.1, 0.15) is 29.7 Å². The summed E-state index contributed by atoms with van der Waals surface area (Å²) in [6.45, 7) is 2.05. The van der Waals surface area contributed by atoms with Crippen LogP contribution < -0.4 is 9.47 Å². The second kappa shape index (κ2) is 9.96. The molecule has 0 radical (unpaired) electrons. The Morgan fingerprint density at radius 1 is 0.774 bits per heavy atom. The maximum absolute atomic E-state index is 13.5. The fourth-order valence-electron chi connectivity index (χ4n) is 3.16. The average Bonchev–Trinajstić information content (AvgIpc) is 2.79. The van der Waals surface area contributed by atoms with Crippen molar-refractivity contribution in [3.63, 3.8) is 0 Å². The van der Waals surface area contributed by atoms with Crippen molar-refractivity contribution in [3.8, 4) is 11.5 Å². The first-order valence-corrected chi connectivity index (χ1v) is 11.3. The van der Waals surface area contributed by atoms with Crippen molar-refractivity contribution in [1.82, 2.24) is 4.31 Å². The number of methoxy groups -OCH3 is 2. The van der Waals surface area contributed by atoms with Crippen molar-refractivity contribution in [2.24, 2.45) is 0 Å². The highest BCUT2D eigenvalue weighted by atomic mass is 32.2. The molecular formula is C24H27NO5S. The van der Waals surface area contributed by atoms with E-state index >= 15 is 0 Å². The van der Waals surface area contributed by atoms with Crippen molar-refractivity contribution < 1.29 is 23.0 Å². The van der Waals surface area contributed by atoms with Gasteiger partial charge in [-0.15, -0.1) is 0 Å². The van der Waals surface area contributed by atoms with Crippen LogP contribution in [-0.4, -0.2) is 32.0 Å². The molecule has 1 N–H and O–H groups in total. The van der Waals surface area contributed by atoms with Gasteiger partial charge in [-0.05, 0) is 60.0 Å². The summed E-state index contributed by atoms with van der Waals surface area (Å²) >= 11 is 0. The van der Waals surface area contributed by atoms with Gasteiger partial charge in [0.25, 0.3) is 0 Å². The number of aliphatic hydroxyl groups is 1. The van der Waals surface area contributed by atoms with Crippen LogP contribution in [0.4, 0.5) is 0 Å². The number of rotatable bonds is 9. The van der Waals surface area contributed by atoms with Gasteiger partial charge in [-0.2, -0.15) is 4.31 Å². The van der Waals surface area contributed by atoms with Crippen LogP contribution in [0.3, 0.4) is 0 Å². The predicted octanol–water partition coefficient (Wildman–Crippen LogP) is 4.15. The molecule has 3 rings (SSSR count). The number of hydrogen-bond donors (Lipinski definition) is 1. The number of benzene rings is 3. The van der Waals surface area contributed by atoms with E-state index in [1.165, 1.54) is 16.4 Å². The molecule has 1 unspecified atom stereocenters. The van der Waals surface area contributed by atoms with E-state index in [0.717, 1.165) is 11.1 Å². The van der Waals surface area contributed by atoms with Crippen LogP contribution in [0.25, 0.3) is 0 Å². The molecule has 0 saturated heterocycles. The summed E-state index contributed by atoms with van der Waals surface area (Å²) in [6, 6.07) is 21.0. The molecule has 0 heterocycles. The lowest BCUT2D eigenvalue weighted by molar-refractivity contribution is 0.199. The number of nitrogens with zero attached hydrogens (tertiary/aromatic N) is 1. The van der Waals surface area contributed by atoms with Gasteiger partial charge in [-0.25, -0.2) is 8.42 Å². The molecule has 7 heteroatoms. The Bertz CT molecular complexity index is 1030. The summed E-state index contributed by atoms with van der Waals surface area (Å²) in [7, 11) is -0.603. The summed E-state index contributed by atoms with van der Waals surface area (Å²) in [5, 5.41) is 9.72. The second-order valence-corrected chi connectivity index (χ2v) is 9.15. The zero-order chi connectivity index (χ0) is 22.4. The van der Waals surface area contributed by atoms with Crippen LogP contribution in [0.2, 0.25) is 0 Å². The van der Waals surface area contributed by atoms with Crippen molar-refractivity contribution >= 4 is 10.0 Å². The highest BCUT2D eigenvalue weighted by Crippen LogP contribution is 2.24. The minimum atomic E-state index is -3.78. The smallest absolute Gasteiger partial charge is 0.243 e. The molecule has 0 aliphatic carbocycles. The molecule has 0 aliphatic rings. The van der Waals surface area contributed by atoms with E-state index in [-0.39, 0.29) is 18.0 Å². The van der Waals surface area contributed by atoms with Gasteiger partial charge >= 0.3 is 0 Å². The Labute approximate surface area is 183 Å². The number of ether oxygens (including phenoxy) is 2. The first kappa shape index (κ1) is 22.8. The Morgan fingerprint density at radius 3 is 1.55 bits per heavy atom. The molecule has 0 spiro atoms. The van der Waals surface area contributed by atoms with E-state index in [4.69, 9.17) is 9.47 Å². The standard InChI is InChI=1S/C24H27NO5S/c1-18(26)21-8-14-24(15-9-21)31(27,28)25(16-19-4-10-22(29-2)11-5-19)17-20-6-12-23(30-3)13-7-20/h4-15,18,26H,16-17H2,1-3H3. The number of sulfonamides is 1. The van der Waals surface area contributed by atoms with E-state index in [1.54, 1.807) is 33.3 Å². The highest BCUT2D eigenvalue weighted by molar-refractivity contribution is 7.89. The Hall–Kier alpha value is -2.87. The summed E-state index contributed by atoms with van der Waals surface area (Å²) in [5.41, 5.74) is 2.35. The normalized spacial score (nSPS) is 12.5. The Morgan fingerprint density at radius 2 is 1.19 bits per heavy atom. The summed E-state index contributed by atoms with van der Waals surface area (Å²) < 4.78 is 38.8. The molecule has 3 aromatic carbocycles. The predicted molar refractivity (Wildman–Crippen MR) is 119 cm³/mol. The zero-order valence-electron chi connectivity index (χ0n) is 17.9. The third-order valence-electron chi connectivity index (χ3n) is 5.04. The molecule has 1 atom stereocenters. The van der Waals surface area contributed by atoms with Gasteiger partial charge in [0.05, 0.1) is 25.2 Å². The van der Waals surface area contributed by atoms with Gasteiger partial charge in [0.15, 0.2) is 0 Å². The maximum atomic E-state index is 13.5. The van der Waals surface area contributed by atoms with E-state index in [0.29, 0.717) is 17.1 Å². The molecule has 0 saturated carbocycles. The molecule has 6 nitrogen and oxygen atoms in total. The first-order chi connectivity index (χ1) is 14.8. The minimum absolute atomic E-state index is 0.180. The van der Waals surface area contributed by atoms with Crippen molar-refractivity contribution in [2.45, 2.75) is 31.0 Å². The summed E-state index contributed by atoms with van der Waals surface area (Å²) in [6.07, 6.45) is -0.661. The van der Waals surface area contributed by atoms with Crippen molar-refractivity contribution in [1.29, 1.82) is 0 Å². The lowest BCUT2D eigenvalue weighted by Gasteiger charge is -2.23. The van der Waals surface area contributed by atoms with Gasteiger partial charge < -0.3 is 14.6 Å². The van der Waals surface area contributed by atoms with Gasteiger partial charge in [-0.3, -0.25) is 0 Å². The molecule has 0 bridgehead atoms. The number of aliphatic hydroxyl groups excluding tert-OH is 1. The van der Waals surface area contributed by atoms with E-state index in [2.05, 4.69) is 0 Å². The third kappa shape index (κ3) is 5.64. The third-order valence-corrected chi connectivity index (χ3v) is 6.84. The van der Waals surface area contributed by atoms with Crippen LogP contribution >= 0.6 is 0 Å². The van der Waals surface area contributed by atoms with Crippen molar-refractivity contribution in [2.75, 3.05) is 14.2 Å². The fourth-order valence-corrected chi connectivity index (χ4v) is 4.58. The molecule has 0 fully saturated rings. The Kier molecular flexibility index (Phi) is 7.33. The lowest BCUT2D eigenvalue weighted by Crippen LogP contribution is -2.30. The number of hydrogen-bond acceptors (Lipinski definition) is 5. The topological polar surface area (TPSA) is 76.1 Å². The SMILES string of the molecule is COc1ccc(CN(Cc2ccc(OC)cc2)S(=O)(=O)c2ccc(C(C)O)cc2)cc1. The monoisotopic (exact) mass is 441 g/mol. The summed E-state index contributed by atoms with van der Waals surface area (Å²) in [4.78, 5) is 0.180. The molecule has 31 heavy (non-hydrogen) atoms. The van der Waals surface area contributed by atoms with Gasteiger partial charge in [-0.1, -0.05) is 36.4 Å². The molecule has 0 amide bonds. The van der Waals surface area contributed by atoms with Crippen molar-refractivity contribution in [3.05, 3.63) is 89.5 Å². The van der Waals surface area contributed by atoms with Crippen LogP contribution in [0, 0.1) is 0 Å². The Balaban J connectivity index is 1.93. The fraction of sp³-hybridized carbons (Fsp3) is 0.250. The molecule has 0 aliphatic heterocycles. The van der Waals surface area contributed by atoms with Gasteiger partial charge in [0.2, 0.25) is 10.0 Å². The summed E-state index contributed by atoms with van der Waals surface area (Å²) in [5.74, 6) is 1.42. The molecule has 0 aromatic heterocycles. The van der Waals surface area contributed by atoms with Crippen LogP contribution in [0.15, 0.2) is 77.7 Å². The first-order valence-electron chi connectivity index (χ1n) is 9.87. The molecular weight excluding hydrogens is 414 g/mol. The van der Waals surface area contributed by atoms with Crippen LogP contribution in [-0.2, 0) is 23.1 Å². The quantitative estimate of drug-likeness (QED) is 0.540. The lowest BCUT2D eigenvalue weighted by atomic mass is 10.1. The van der Waals surface area contributed by atoms with Gasteiger partial charge in [0, 0.05) is 13.1 Å². The molecule has 3 aromatic rings. The van der Waals surface area contributed by atoms with E-state index < -0.39 is 16.1 Å². The van der Waals surface area contributed by atoms with E-state index in [9.17, 15) is 13.5 Å². The molecule has 164 valence electrons. The van der Waals surface area contributed by atoms with Crippen LogP contribution in [0.5, 0.6) is 11.5 Å². The maximum Gasteiger partial charge on any atom is 0.243 e. The zero-order valence-corrected chi connectivity index (χ0v) is 18.7. The average molecular weight is 442 g/mol.